The SMILES string of the molecule is CCC1CCCC(c2ncc(Br)c(N)n2)C1. The molecular weight excluding hydrogens is 266 g/mol. The van der Waals surface area contributed by atoms with Crippen LogP contribution in [0.3, 0.4) is 0 Å². The van der Waals surface area contributed by atoms with Gasteiger partial charge in [-0.25, -0.2) is 9.97 Å². The first-order valence-electron chi connectivity index (χ1n) is 5.98. The number of nitrogens with two attached hydrogens (primary N) is 1. The normalized spacial score (nSPS) is 25.6. The molecule has 2 N–H and O–H groups in total. The van der Waals surface area contributed by atoms with Crippen molar-refractivity contribution < 1.29 is 0 Å². The Morgan fingerprint density at radius 2 is 2.31 bits per heavy atom. The van der Waals surface area contributed by atoms with Gasteiger partial charge in [0.2, 0.25) is 0 Å². The van der Waals surface area contributed by atoms with Crippen LogP contribution in [-0.4, -0.2) is 9.97 Å². The molecule has 0 amide bonds. The molecule has 1 aromatic rings. The van der Waals surface area contributed by atoms with Crippen molar-refractivity contribution in [3.05, 3.63) is 16.5 Å². The van der Waals surface area contributed by atoms with E-state index >= 15 is 0 Å². The number of aromatic nitrogens is 2. The molecule has 1 aliphatic carbocycles. The van der Waals surface area contributed by atoms with Crippen molar-refractivity contribution in [2.75, 3.05) is 5.73 Å². The minimum Gasteiger partial charge on any atom is -0.383 e. The zero-order chi connectivity index (χ0) is 11.5. The van der Waals surface area contributed by atoms with Crippen LogP contribution in [0.2, 0.25) is 0 Å². The smallest absolute Gasteiger partial charge is 0.141 e. The summed E-state index contributed by atoms with van der Waals surface area (Å²) in [5.74, 6) is 2.84. The maximum absolute atomic E-state index is 5.80. The fourth-order valence-electron chi connectivity index (χ4n) is 2.49. The van der Waals surface area contributed by atoms with E-state index in [9.17, 15) is 0 Å². The Labute approximate surface area is 105 Å². The summed E-state index contributed by atoms with van der Waals surface area (Å²) < 4.78 is 0.791. The van der Waals surface area contributed by atoms with Crippen molar-refractivity contribution >= 4 is 21.7 Å². The molecule has 2 atom stereocenters. The van der Waals surface area contributed by atoms with E-state index in [0.717, 1.165) is 16.2 Å². The second-order valence-electron chi connectivity index (χ2n) is 4.60. The van der Waals surface area contributed by atoms with E-state index in [4.69, 9.17) is 5.73 Å². The summed E-state index contributed by atoms with van der Waals surface area (Å²) in [7, 11) is 0. The molecule has 1 saturated carbocycles. The Hall–Kier alpha value is -0.640. The van der Waals surface area contributed by atoms with E-state index < -0.39 is 0 Å². The van der Waals surface area contributed by atoms with Gasteiger partial charge in [-0.2, -0.15) is 0 Å². The molecule has 0 aromatic carbocycles. The van der Waals surface area contributed by atoms with Gasteiger partial charge in [-0.15, -0.1) is 0 Å². The molecule has 2 rings (SSSR count). The number of nitrogen functional groups attached to an aromatic ring is 1. The molecule has 0 saturated heterocycles. The van der Waals surface area contributed by atoms with E-state index in [1.54, 1.807) is 6.20 Å². The first kappa shape index (κ1) is 11.8. The molecule has 1 aromatic heterocycles. The highest BCUT2D eigenvalue weighted by Crippen LogP contribution is 2.36. The van der Waals surface area contributed by atoms with Crippen LogP contribution in [0.5, 0.6) is 0 Å². The molecule has 16 heavy (non-hydrogen) atoms. The minimum atomic E-state index is 0.508. The van der Waals surface area contributed by atoms with E-state index in [2.05, 4.69) is 32.8 Å². The Morgan fingerprint density at radius 1 is 1.50 bits per heavy atom. The summed E-state index contributed by atoms with van der Waals surface area (Å²) in [5, 5.41) is 0. The van der Waals surface area contributed by atoms with E-state index in [1.807, 2.05) is 0 Å². The number of nitrogens with zero attached hydrogens (tertiary/aromatic N) is 2. The van der Waals surface area contributed by atoms with Gasteiger partial charge in [0.05, 0.1) is 4.47 Å². The van der Waals surface area contributed by atoms with Crippen LogP contribution < -0.4 is 5.73 Å². The molecule has 0 bridgehead atoms. The molecule has 3 nitrogen and oxygen atoms in total. The first-order valence-corrected chi connectivity index (χ1v) is 6.78. The van der Waals surface area contributed by atoms with Gasteiger partial charge in [-0.05, 0) is 34.7 Å². The lowest BCUT2D eigenvalue weighted by Gasteiger charge is -2.27. The summed E-state index contributed by atoms with van der Waals surface area (Å²) in [6.07, 6.45) is 8.12. The van der Waals surface area contributed by atoms with Gasteiger partial charge in [0.25, 0.3) is 0 Å². The second kappa shape index (κ2) is 5.13. The number of hydrogen-bond acceptors (Lipinski definition) is 3. The van der Waals surface area contributed by atoms with E-state index in [-0.39, 0.29) is 0 Å². The summed E-state index contributed by atoms with van der Waals surface area (Å²) in [6, 6.07) is 0. The fraction of sp³-hybridized carbons (Fsp3) is 0.667. The predicted octanol–water partition coefficient (Wildman–Crippen LogP) is 3.51. The zero-order valence-electron chi connectivity index (χ0n) is 9.62. The van der Waals surface area contributed by atoms with E-state index in [0.29, 0.717) is 11.7 Å². The minimum absolute atomic E-state index is 0.508. The molecule has 0 aliphatic heterocycles. The summed E-state index contributed by atoms with van der Waals surface area (Å²) in [5.41, 5.74) is 5.80. The standard InChI is InChI=1S/C12H18BrN3/c1-2-8-4-3-5-9(6-8)12-15-7-10(13)11(14)16-12/h7-9H,2-6H2,1H3,(H2,14,15,16). The van der Waals surface area contributed by atoms with Gasteiger partial charge in [0, 0.05) is 12.1 Å². The molecule has 4 heteroatoms. The van der Waals surface area contributed by atoms with Gasteiger partial charge in [0.15, 0.2) is 0 Å². The van der Waals surface area contributed by atoms with Crippen LogP contribution >= 0.6 is 15.9 Å². The number of anilines is 1. The maximum atomic E-state index is 5.80. The molecular formula is C12H18BrN3. The van der Waals surface area contributed by atoms with E-state index in [1.165, 1.54) is 32.1 Å². The van der Waals surface area contributed by atoms with Gasteiger partial charge in [0.1, 0.15) is 11.6 Å². The quantitative estimate of drug-likeness (QED) is 0.904. The fourth-order valence-corrected chi connectivity index (χ4v) is 2.68. The molecule has 1 fully saturated rings. The highest BCUT2D eigenvalue weighted by atomic mass is 79.9. The Morgan fingerprint density at radius 3 is 3.00 bits per heavy atom. The largest absolute Gasteiger partial charge is 0.383 e. The third kappa shape index (κ3) is 2.54. The lowest BCUT2D eigenvalue weighted by atomic mass is 9.80. The Kier molecular flexibility index (Phi) is 3.79. The monoisotopic (exact) mass is 283 g/mol. The highest BCUT2D eigenvalue weighted by molar-refractivity contribution is 9.10. The topological polar surface area (TPSA) is 51.8 Å². The van der Waals surface area contributed by atoms with Crippen molar-refractivity contribution in [2.24, 2.45) is 5.92 Å². The second-order valence-corrected chi connectivity index (χ2v) is 5.45. The van der Waals surface area contributed by atoms with Crippen LogP contribution in [0.1, 0.15) is 50.8 Å². The average Bonchev–Trinajstić information content (AvgIpc) is 2.33. The van der Waals surface area contributed by atoms with Gasteiger partial charge >= 0.3 is 0 Å². The zero-order valence-corrected chi connectivity index (χ0v) is 11.2. The molecule has 0 spiro atoms. The van der Waals surface area contributed by atoms with Gasteiger partial charge in [-0.1, -0.05) is 26.2 Å². The van der Waals surface area contributed by atoms with Crippen LogP contribution in [0.4, 0.5) is 5.82 Å². The average molecular weight is 284 g/mol. The highest BCUT2D eigenvalue weighted by Gasteiger charge is 2.24. The maximum Gasteiger partial charge on any atom is 0.141 e. The third-order valence-electron chi connectivity index (χ3n) is 3.52. The summed E-state index contributed by atoms with van der Waals surface area (Å²) >= 11 is 3.33. The van der Waals surface area contributed by atoms with Gasteiger partial charge < -0.3 is 5.73 Å². The van der Waals surface area contributed by atoms with Crippen molar-refractivity contribution in [3.8, 4) is 0 Å². The lowest BCUT2D eigenvalue weighted by Crippen LogP contribution is -2.16. The van der Waals surface area contributed by atoms with Crippen LogP contribution in [0.25, 0.3) is 0 Å². The van der Waals surface area contributed by atoms with Crippen LogP contribution in [-0.2, 0) is 0 Å². The third-order valence-corrected chi connectivity index (χ3v) is 4.13. The molecule has 2 unspecified atom stereocenters. The van der Waals surface area contributed by atoms with Crippen molar-refractivity contribution in [2.45, 2.75) is 44.9 Å². The summed E-state index contributed by atoms with van der Waals surface area (Å²) in [6.45, 7) is 2.27. The van der Waals surface area contributed by atoms with Crippen LogP contribution in [0.15, 0.2) is 10.7 Å². The van der Waals surface area contributed by atoms with Gasteiger partial charge in [-0.3, -0.25) is 0 Å². The number of hydrogen-bond donors (Lipinski definition) is 1. The molecule has 1 aliphatic rings. The lowest BCUT2D eigenvalue weighted by molar-refractivity contribution is 0.307. The molecule has 0 radical (unpaired) electrons. The first-order chi connectivity index (χ1) is 7.70. The Bertz CT molecular complexity index is 367. The van der Waals surface area contributed by atoms with Crippen LogP contribution in [0, 0.1) is 5.92 Å². The molecule has 88 valence electrons. The Balaban J connectivity index is 2.13. The predicted molar refractivity (Wildman–Crippen MR) is 69.1 cm³/mol. The molecule has 1 heterocycles. The van der Waals surface area contributed by atoms with Crippen molar-refractivity contribution in [1.82, 2.24) is 9.97 Å². The van der Waals surface area contributed by atoms with Crippen molar-refractivity contribution in [1.29, 1.82) is 0 Å². The summed E-state index contributed by atoms with van der Waals surface area (Å²) in [4.78, 5) is 8.78. The van der Waals surface area contributed by atoms with Crippen molar-refractivity contribution in [3.63, 3.8) is 0 Å². The number of halogens is 1. The number of rotatable bonds is 2.